The average molecular weight is 360 g/mol. The molecule has 0 radical (unpaired) electrons. The van der Waals surface area contributed by atoms with Crippen LogP contribution in [0, 0.1) is 0 Å². The maximum absolute atomic E-state index is 12.2. The first-order chi connectivity index (χ1) is 12.5. The summed E-state index contributed by atoms with van der Waals surface area (Å²) >= 11 is 0. The van der Waals surface area contributed by atoms with E-state index in [-0.39, 0.29) is 36.7 Å². The Bertz CT molecular complexity index is 651. The number of benzene rings is 1. The van der Waals surface area contributed by atoms with Crippen molar-refractivity contribution in [3.05, 3.63) is 35.4 Å². The molecule has 1 N–H and O–H groups in total. The van der Waals surface area contributed by atoms with E-state index in [2.05, 4.69) is 10.1 Å². The van der Waals surface area contributed by atoms with Crippen LogP contribution in [0.3, 0.4) is 0 Å². The topological polar surface area (TPSA) is 92.8 Å². The third-order valence-corrected chi connectivity index (χ3v) is 4.30. The number of ether oxygens (including phenoxy) is 1. The highest BCUT2D eigenvalue weighted by Gasteiger charge is 2.34. The van der Waals surface area contributed by atoms with Crippen molar-refractivity contribution in [2.45, 2.75) is 38.5 Å². The zero-order valence-electron chi connectivity index (χ0n) is 15.0. The zero-order valence-corrected chi connectivity index (χ0v) is 15.0. The summed E-state index contributed by atoms with van der Waals surface area (Å²) in [5, 5.41) is 2.79. The van der Waals surface area contributed by atoms with Gasteiger partial charge < -0.3 is 10.1 Å². The number of methoxy groups -OCH3 is 1. The molecule has 1 aliphatic rings. The lowest BCUT2D eigenvalue weighted by molar-refractivity contribution is -0.140. The number of carbonyl (C=O) groups is 4. The van der Waals surface area contributed by atoms with E-state index < -0.39 is 0 Å². The van der Waals surface area contributed by atoms with Crippen LogP contribution in [-0.2, 0) is 14.3 Å². The Hall–Kier alpha value is -2.70. The Morgan fingerprint density at radius 1 is 0.962 bits per heavy atom. The SMILES string of the molecule is COC(=O)CCCCCCNC(=O)CCN1C(=O)c2ccccc2C1=O. The molecule has 7 nitrogen and oxygen atoms in total. The van der Waals surface area contributed by atoms with Gasteiger partial charge in [-0.25, -0.2) is 0 Å². The number of imide groups is 1. The molecule has 0 atom stereocenters. The Morgan fingerprint density at radius 3 is 2.19 bits per heavy atom. The summed E-state index contributed by atoms with van der Waals surface area (Å²) in [5.41, 5.74) is 0.787. The van der Waals surface area contributed by atoms with Crippen LogP contribution in [0.2, 0.25) is 0 Å². The van der Waals surface area contributed by atoms with Crippen molar-refractivity contribution in [1.29, 1.82) is 0 Å². The second kappa shape index (κ2) is 9.70. The van der Waals surface area contributed by atoms with Crippen LogP contribution in [0.5, 0.6) is 0 Å². The van der Waals surface area contributed by atoms with Crippen LogP contribution in [0.1, 0.15) is 59.2 Å². The molecule has 0 spiro atoms. The van der Waals surface area contributed by atoms with Crippen molar-refractivity contribution >= 4 is 23.7 Å². The van der Waals surface area contributed by atoms with Gasteiger partial charge in [0.05, 0.1) is 18.2 Å². The summed E-state index contributed by atoms with van der Waals surface area (Å²) in [5.74, 6) is -1.07. The zero-order chi connectivity index (χ0) is 18.9. The van der Waals surface area contributed by atoms with E-state index >= 15 is 0 Å². The summed E-state index contributed by atoms with van der Waals surface area (Å²) < 4.78 is 4.57. The lowest BCUT2D eigenvalue weighted by atomic mass is 10.1. The Balaban J connectivity index is 1.61. The first-order valence-corrected chi connectivity index (χ1v) is 8.83. The van der Waals surface area contributed by atoms with Crippen molar-refractivity contribution in [1.82, 2.24) is 10.2 Å². The monoisotopic (exact) mass is 360 g/mol. The molecular weight excluding hydrogens is 336 g/mol. The largest absolute Gasteiger partial charge is 0.469 e. The Labute approximate surface area is 152 Å². The molecule has 0 fully saturated rings. The summed E-state index contributed by atoms with van der Waals surface area (Å²) in [7, 11) is 1.37. The summed E-state index contributed by atoms with van der Waals surface area (Å²) in [6, 6.07) is 6.67. The number of esters is 1. The highest BCUT2D eigenvalue weighted by atomic mass is 16.5. The quantitative estimate of drug-likeness (QED) is 0.391. The van der Waals surface area contributed by atoms with Crippen LogP contribution in [0.4, 0.5) is 0 Å². The van der Waals surface area contributed by atoms with E-state index in [0.29, 0.717) is 24.1 Å². The van der Waals surface area contributed by atoms with Crippen molar-refractivity contribution in [3.8, 4) is 0 Å². The van der Waals surface area contributed by atoms with Crippen LogP contribution >= 0.6 is 0 Å². The first-order valence-electron chi connectivity index (χ1n) is 8.83. The number of fused-ring (bicyclic) bond motifs is 1. The number of nitrogens with zero attached hydrogens (tertiary/aromatic N) is 1. The van der Waals surface area contributed by atoms with Crippen LogP contribution in [0.25, 0.3) is 0 Å². The third-order valence-electron chi connectivity index (χ3n) is 4.30. The number of hydrogen-bond acceptors (Lipinski definition) is 5. The van der Waals surface area contributed by atoms with Crippen LogP contribution < -0.4 is 5.32 Å². The fraction of sp³-hybridized carbons (Fsp3) is 0.474. The number of rotatable bonds is 10. The molecule has 0 bridgehead atoms. The second-order valence-electron chi connectivity index (χ2n) is 6.15. The molecule has 1 heterocycles. The molecule has 7 heteroatoms. The van der Waals surface area contributed by atoms with E-state index in [1.807, 2.05) is 0 Å². The minimum absolute atomic E-state index is 0.0807. The van der Waals surface area contributed by atoms with Gasteiger partial charge in [-0.1, -0.05) is 25.0 Å². The fourth-order valence-electron chi connectivity index (χ4n) is 2.82. The van der Waals surface area contributed by atoms with Crippen LogP contribution in [0.15, 0.2) is 24.3 Å². The molecule has 1 aromatic carbocycles. The van der Waals surface area contributed by atoms with E-state index in [1.165, 1.54) is 7.11 Å². The molecule has 140 valence electrons. The minimum atomic E-state index is -0.344. The van der Waals surface area contributed by atoms with Crippen molar-refractivity contribution in [2.75, 3.05) is 20.2 Å². The molecule has 0 aromatic heterocycles. The minimum Gasteiger partial charge on any atom is -0.469 e. The van der Waals surface area contributed by atoms with Gasteiger partial charge in [0.1, 0.15) is 0 Å². The number of carbonyl (C=O) groups excluding carboxylic acids is 4. The lowest BCUT2D eigenvalue weighted by Crippen LogP contribution is -2.34. The summed E-state index contributed by atoms with van der Waals surface area (Å²) in [6.07, 6.45) is 3.92. The highest BCUT2D eigenvalue weighted by molar-refractivity contribution is 6.21. The van der Waals surface area contributed by atoms with Crippen molar-refractivity contribution in [2.24, 2.45) is 0 Å². The fourth-order valence-corrected chi connectivity index (χ4v) is 2.82. The van der Waals surface area contributed by atoms with Gasteiger partial charge in [-0.05, 0) is 25.0 Å². The second-order valence-corrected chi connectivity index (χ2v) is 6.15. The van der Waals surface area contributed by atoms with Gasteiger partial charge in [0.2, 0.25) is 5.91 Å². The van der Waals surface area contributed by atoms with Crippen molar-refractivity contribution < 1.29 is 23.9 Å². The van der Waals surface area contributed by atoms with Gasteiger partial charge in [-0.2, -0.15) is 0 Å². The maximum atomic E-state index is 12.2. The molecule has 0 saturated heterocycles. The predicted octanol–water partition coefficient (Wildman–Crippen LogP) is 1.91. The Morgan fingerprint density at radius 2 is 1.58 bits per heavy atom. The normalized spacial score (nSPS) is 12.9. The van der Waals surface area contributed by atoms with E-state index in [4.69, 9.17) is 0 Å². The van der Waals surface area contributed by atoms with Crippen LogP contribution in [-0.4, -0.2) is 48.8 Å². The lowest BCUT2D eigenvalue weighted by Gasteiger charge is -2.13. The van der Waals surface area contributed by atoms with Crippen molar-refractivity contribution in [3.63, 3.8) is 0 Å². The van der Waals surface area contributed by atoms with Gasteiger partial charge in [-0.3, -0.25) is 24.1 Å². The van der Waals surface area contributed by atoms with Gasteiger partial charge >= 0.3 is 5.97 Å². The van der Waals surface area contributed by atoms with E-state index in [9.17, 15) is 19.2 Å². The number of hydrogen-bond donors (Lipinski definition) is 1. The number of amides is 3. The molecule has 0 unspecified atom stereocenters. The molecule has 0 aliphatic carbocycles. The maximum Gasteiger partial charge on any atom is 0.305 e. The van der Waals surface area contributed by atoms with E-state index in [0.717, 1.165) is 30.6 Å². The van der Waals surface area contributed by atoms with Gasteiger partial charge in [-0.15, -0.1) is 0 Å². The first kappa shape index (κ1) is 19.6. The molecule has 26 heavy (non-hydrogen) atoms. The summed E-state index contributed by atoms with van der Waals surface area (Å²) in [6.45, 7) is 0.622. The van der Waals surface area contributed by atoms with E-state index in [1.54, 1.807) is 24.3 Å². The molecule has 3 amide bonds. The predicted molar refractivity (Wildman–Crippen MR) is 94.5 cm³/mol. The molecule has 2 rings (SSSR count). The number of nitrogens with one attached hydrogen (secondary N) is 1. The standard InChI is InChI=1S/C19H24N2O5/c1-26-17(23)10-4-2-3-7-12-20-16(22)11-13-21-18(24)14-8-5-6-9-15(14)19(21)25/h5-6,8-9H,2-4,7,10-13H2,1H3,(H,20,22). The van der Waals surface area contributed by atoms with Gasteiger partial charge in [0.25, 0.3) is 11.8 Å². The molecule has 1 aromatic rings. The van der Waals surface area contributed by atoms with Gasteiger partial charge in [0.15, 0.2) is 0 Å². The summed E-state index contributed by atoms with van der Waals surface area (Å²) in [4.78, 5) is 48.3. The average Bonchev–Trinajstić information content (AvgIpc) is 2.90. The highest BCUT2D eigenvalue weighted by Crippen LogP contribution is 2.22. The smallest absolute Gasteiger partial charge is 0.305 e. The molecular formula is C19H24N2O5. The number of unbranched alkanes of at least 4 members (excludes halogenated alkanes) is 3. The third kappa shape index (κ3) is 5.15. The molecule has 0 saturated carbocycles. The van der Waals surface area contributed by atoms with Gasteiger partial charge in [0, 0.05) is 25.9 Å². The molecule has 1 aliphatic heterocycles. The Kier molecular flexibility index (Phi) is 7.32.